The smallest absolute Gasteiger partial charge is 0.297 e. The van der Waals surface area contributed by atoms with Gasteiger partial charge in [0.15, 0.2) is 5.82 Å². The third-order valence-corrected chi connectivity index (χ3v) is 6.78. The maximum Gasteiger partial charge on any atom is 0.297 e. The van der Waals surface area contributed by atoms with Gasteiger partial charge in [-0.1, -0.05) is 12.1 Å². The van der Waals surface area contributed by atoms with Crippen LogP contribution in [-0.2, 0) is 10.0 Å². The molecule has 142 valence electrons. The monoisotopic (exact) mass is 384 g/mol. The minimum atomic E-state index is -3.24. The molecule has 0 N–H and O–H groups in total. The first-order chi connectivity index (χ1) is 12.3. The predicted molar refractivity (Wildman–Crippen MR) is 97.0 cm³/mol. The molecule has 9 heteroatoms. The fraction of sp³-hybridized carbons (Fsp3) is 0.529. The summed E-state index contributed by atoms with van der Waals surface area (Å²) in [6.45, 7) is 2.73. The molecule has 1 fully saturated rings. The van der Waals surface area contributed by atoms with Gasteiger partial charge < -0.3 is 4.90 Å². The van der Waals surface area contributed by atoms with Crippen LogP contribution in [0, 0.1) is 0 Å². The molecule has 3 rings (SSSR count). The second kappa shape index (κ2) is 7.40. The third-order valence-electron chi connectivity index (χ3n) is 4.88. The standard InChI is InChI=1S/C17H22F2N4O2S/c1-3-26(24,25)22(2)12-8-10-23(11-9-12)17-13-6-4-5-7-14(13)20-16(21-17)15(18)19/h4-7,12,15H,3,8-11H2,1-2H3. The number of benzene rings is 1. The van der Waals surface area contributed by atoms with E-state index in [9.17, 15) is 17.2 Å². The lowest BCUT2D eigenvalue weighted by Gasteiger charge is -2.37. The van der Waals surface area contributed by atoms with Crippen molar-refractivity contribution in [3.63, 3.8) is 0 Å². The Hall–Kier alpha value is -1.87. The molecule has 0 bridgehead atoms. The molecule has 0 radical (unpaired) electrons. The molecular weight excluding hydrogens is 362 g/mol. The van der Waals surface area contributed by atoms with Gasteiger partial charge in [0.25, 0.3) is 6.43 Å². The normalized spacial score (nSPS) is 16.8. The summed E-state index contributed by atoms with van der Waals surface area (Å²) in [6.07, 6.45) is -1.49. The number of hydrogen-bond acceptors (Lipinski definition) is 5. The highest BCUT2D eigenvalue weighted by atomic mass is 32.2. The molecule has 26 heavy (non-hydrogen) atoms. The van der Waals surface area contributed by atoms with E-state index in [1.54, 1.807) is 26.1 Å². The zero-order valence-corrected chi connectivity index (χ0v) is 15.6. The summed E-state index contributed by atoms with van der Waals surface area (Å²) < 4.78 is 51.9. The van der Waals surface area contributed by atoms with Crippen LogP contribution in [0.5, 0.6) is 0 Å². The van der Waals surface area contributed by atoms with E-state index in [1.165, 1.54) is 4.31 Å². The van der Waals surface area contributed by atoms with Crippen molar-refractivity contribution in [2.45, 2.75) is 32.2 Å². The Kier molecular flexibility index (Phi) is 5.38. The Morgan fingerprint density at radius 2 is 1.88 bits per heavy atom. The van der Waals surface area contributed by atoms with Gasteiger partial charge in [-0.2, -0.15) is 0 Å². The number of alkyl halides is 2. The molecular formula is C17H22F2N4O2S. The van der Waals surface area contributed by atoms with Crippen molar-refractivity contribution in [1.29, 1.82) is 0 Å². The summed E-state index contributed by atoms with van der Waals surface area (Å²) in [5.41, 5.74) is 0.487. The molecule has 6 nitrogen and oxygen atoms in total. The second-order valence-electron chi connectivity index (χ2n) is 6.36. The van der Waals surface area contributed by atoms with Gasteiger partial charge in [-0.25, -0.2) is 31.5 Å². The summed E-state index contributed by atoms with van der Waals surface area (Å²) in [6, 6.07) is 7.01. The molecule has 1 aliphatic rings. The summed E-state index contributed by atoms with van der Waals surface area (Å²) >= 11 is 0. The lowest BCUT2D eigenvalue weighted by atomic mass is 10.0. The largest absolute Gasteiger partial charge is 0.356 e. The van der Waals surface area contributed by atoms with Crippen molar-refractivity contribution >= 4 is 26.7 Å². The number of aromatic nitrogens is 2. The van der Waals surface area contributed by atoms with Crippen LogP contribution in [0.25, 0.3) is 10.9 Å². The van der Waals surface area contributed by atoms with E-state index in [0.717, 1.165) is 5.39 Å². The van der Waals surface area contributed by atoms with Gasteiger partial charge in [-0.05, 0) is 31.9 Å². The summed E-state index contributed by atoms with van der Waals surface area (Å²) in [5, 5.41) is 0.727. The molecule has 1 saturated heterocycles. The lowest BCUT2D eigenvalue weighted by Crippen LogP contribution is -2.46. The second-order valence-corrected chi connectivity index (χ2v) is 8.68. The Balaban J connectivity index is 1.86. The minimum Gasteiger partial charge on any atom is -0.356 e. The van der Waals surface area contributed by atoms with Crippen LogP contribution in [0.1, 0.15) is 32.0 Å². The van der Waals surface area contributed by atoms with Crippen LogP contribution in [0.3, 0.4) is 0 Å². The van der Waals surface area contributed by atoms with Crippen LogP contribution >= 0.6 is 0 Å². The molecule has 1 aliphatic heterocycles. The SMILES string of the molecule is CCS(=O)(=O)N(C)C1CCN(c2nc(C(F)F)nc3ccccc23)CC1. The number of fused-ring (bicyclic) bond motifs is 1. The predicted octanol–water partition coefficient (Wildman–Crippen LogP) is 2.82. The Bertz CT molecular complexity index is 883. The van der Waals surface area contributed by atoms with Crippen LogP contribution in [0.4, 0.5) is 14.6 Å². The van der Waals surface area contributed by atoms with Crippen molar-refractivity contribution in [2.24, 2.45) is 0 Å². The molecule has 0 saturated carbocycles. The molecule has 1 aromatic heterocycles. The van der Waals surface area contributed by atoms with Crippen LogP contribution in [-0.4, -0.2) is 54.6 Å². The zero-order chi connectivity index (χ0) is 18.9. The number of sulfonamides is 1. The number of halogens is 2. The molecule has 0 amide bonds. The van der Waals surface area contributed by atoms with Gasteiger partial charge in [0.2, 0.25) is 10.0 Å². The molecule has 0 spiro atoms. The molecule has 2 heterocycles. The molecule has 0 aliphatic carbocycles. The lowest BCUT2D eigenvalue weighted by molar-refractivity contribution is 0.141. The minimum absolute atomic E-state index is 0.0675. The number of para-hydroxylation sites is 1. The molecule has 0 atom stereocenters. The summed E-state index contributed by atoms with van der Waals surface area (Å²) in [5.74, 6) is 0.0784. The fourth-order valence-corrected chi connectivity index (χ4v) is 4.36. The van der Waals surface area contributed by atoms with E-state index < -0.39 is 22.3 Å². The van der Waals surface area contributed by atoms with Crippen molar-refractivity contribution in [3.05, 3.63) is 30.1 Å². The quantitative estimate of drug-likeness (QED) is 0.793. The Labute approximate surface area is 151 Å². The van der Waals surface area contributed by atoms with Gasteiger partial charge in [0.1, 0.15) is 5.82 Å². The first kappa shape index (κ1) is 18.9. The maximum absolute atomic E-state index is 13.2. The van der Waals surface area contributed by atoms with Crippen LogP contribution in [0.2, 0.25) is 0 Å². The molecule has 1 aromatic carbocycles. The highest BCUT2D eigenvalue weighted by molar-refractivity contribution is 7.89. The summed E-state index contributed by atoms with van der Waals surface area (Å²) in [4.78, 5) is 9.98. The highest BCUT2D eigenvalue weighted by Crippen LogP contribution is 2.30. The van der Waals surface area contributed by atoms with Crippen molar-refractivity contribution in [3.8, 4) is 0 Å². The fourth-order valence-electron chi connectivity index (χ4n) is 3.29. The van der Waals surface area contributed by atoms with Crippen LogP contribution < -0.4 is 4.90 Å². The number of piperidine rings is 1. The van der Waals surface area contributed by atoms with E-state index >= 15 is 0 Å². The van der Waals surface area contributed by atoms with Crippen molar-refractivity contribution in [2.75, 3.05) is 30.8 Å². The topological polar surface area (TPSA) is 66.4 Å². The number of nitrogens with zero attached hydrogens (tertiary/aromatic N) is 4. The van der Waals surface area contributed by atoms with Gasteiger partial charge in [0.05, 0.1) is 11.3 Å². The molecule has 2 aromatic rings. The zero-order valence-electron chi connectivity index (χ0n) is 14.8. The number of rotatable bonds is 5. The Morgan fingerprint density at radius 1 is 1.23 bits per heavy atom. The summed E-state index contributed by atoms with van der Waals surface area (Å²) in [7, 11) is -1.64. The van der Waals surface area contributed by atoms with E-state index in [-0.39, 0.29) is 11.8 Å². The van der Waals surface area contributed by atoms with Gasteiger partial charge in [0, 0.05) is 31.6 Å². The van der Waals surface area contributed by atoms with Crippen molar-refractivity contribution in [1.82, 2.24) is 14.3 Å². The van der Waals surface area contributed by atoms with Gasteiger partial charge in [-0.3, -0.25) is 0 Å². The first-order valence-corrected chi connectivity index (χ1v) is 10.2. The van der Waals surface area contributed by atoms with E-state index in [0.29, 0.717) is 37.3 Å². The molecule has 0 unspecified atom stereocenters. The highest BCUT2D eigenvalue weighted by Gasteiger charge is 2.30. The average molecular weight is 384 g/mol. The first-order valence-electron chi connectivity index (χ1n) is 8.59. The van der Waals surface area contributed by atoms with Gasteiger partial charge >= 0.3 is 0 Å². The maximum atomic E-state index is 13.2. The average Bonchev–Trinajstić information content (AvgIpc) is 2.66. The third kappa shape index (κ3) is 3.64. The number of hydrogen-bond donors (Lipinski definition) is 0. The van der Waals surface area contributed by atoms with E-state index in [2.05, 4.69) is 9.97 Å². The van der Waals surface area contributed by atoms with Gasteiger partial charge in [-0.15, -0.1) is 0 Å². The number of anilines is 1. The Morgan fingerprint density at radius 3 is 2.50 bits per heavy atom. The van der Waals surface area contributed by atoms with Crippen LogP contribution in [0.15, 0.2) is 24.3 Å². The van der Waals surface area contributed by atoms with E-state index in [4.69, 9.17) is 0 Å². The van der Waals surface area contributed by atoms with Crippen molar-refractivity contribution < 1.29 is 17.2 Å². The van der Waals surface area contributed by atoms with E-state index in [1.807, 2.05) is 17.0 Å².